The maximum Gasteiger partial charge on any atom is 0.147 e. The third-order valence-electron chi connectivity index (χ3n) is 2.12. The zero-order valence-corrected chi connectivity index (χ0v) is 9.14. The highest BCUT2D eigenvalue weighted by atomic mass is 16.7. The number of rotatable bonds is 6. The van der Waals surface area contributed by atoms with Gasteiger partial charge in [-0.25, -0.2) is 0 Å². The molecule has 1 N–H and O–H groups in total. The molecule has 0 bridgehead atoms. The molecular weight excluding hydrogens is 194 g/mol. The second-order valence-corrected chi connectivity index (χ2v) is 3.27. The molecule has 0 fully saturated rings. The van der Waals surface area contributed by atoms with Crippen LogP contribution in [0.2, 0.25) is 0 Å². The molecule has 1 atom stereocenters. The second kappa shape index (κ2) is 6.50. The van der Waals surface area contributed by atoms with E-state index in [4.69, 9.17) is 14.6 Å². The summed E-state index contributed by atoms with van der Waals surface area (Å²) in [5.74, 6) is 0. The van der Waals surface area contributed by atoms with E-state index in [1.54, 1.807) is 13.3 Å². The summed E-state index contributed by atoms with van der Waals surface area (Å²) in [6, 6.07) is 3.86. The molecular formula is C11H17NO3. The molecule has 0 aromatic carbocycles. The Morgan fingerprint density at radius 1 is 1.47 bits per heavy atom. The molecule has 1 rings (SSSR count). The number of aliphatic hydroxyl groups is 1. The molecule has 0 aliphatic heterocycles. The Balaban J connectivity index is 2.54. The maximum absolute atomic E-state index is 8.73. The van der Waals surface area contributed by atoms with Crippen LogP contribution in [0.1, 0.15) is 24.3 Å². The van der Waals surface area contributed by atoms with Gasteiger partial charge in [0.15, 0.2) is 0 Å². The molecule has 1 heterocycles. The topological polar surface area (TPSA) is 51.6 Å². The number of hydrogen-bond acceptors (Lipinski definition) is 4. The Labute approximate surface area is 89.9 Å². The minimum atomic E-state index is -0.0272. The zero-order chi connectivity index (χ0) is 11.1. The van der Waals surface area contributed by atoms with Crippen LogP contribution in [0, 0.1) is 0 Å². The van der Waals surface area contributed by atoms with Gasteiger partial charge >= 0.3 is 0 Å². The highest BCUT2D eigenvalue weighted by Crippen LogP contribution is 2.15. The first kappa shape index (κ1) is 12.1. The summed E-state index contributed by atoms with van der Waals surface area (Å²) in [6.45, 7) is 2.35. The first-order valence-corrected chi connectivity index (χ1v) is 4.94. The fourth-order valence-corrected chi connectivity index (χ4v) is 1.21. The van der Waals surface area contributed by atoms with Crippen LogP contribution in [0.25, 0.3) is 0 Å². The predicted octanol–water partition coefficient (Wildman–Crippen LogP) is 1.30. The van der Waals surface area contributed by atoms with E-state index in [0.717, 1.165) is 11.3 Å². The summed E-state index contributed by atoms with van der Waals surface area (Å²) >= 11 is 0. The van der Waals surface area contributed by atoms with Crippen molar-refractivity contribution in [2.24, 2.45) is 0 Å². The Morgan fingerprint density at radius 3 is 2.80 bits per heavy atom. The van der Waals surface area contributed by atoms with E-state index < -0.39 is 0 Å². The number of methoxy groups -OCH3 is 1. The molecule has 15 heavy (non-hydrogen) atoms. The van der Waals surface area contributed by atoms with Crippen molar-refractivity contribution in [3.8, 4) is 0 Å². The fraction of sp³-hybridized carbons (Fsp3) is 0.545. The van der Waals surface area contributed by atoms with Crippen molar-refractivity contribution >= 4 is 0 Å². The van der Waals surface area contributed by atoms with E-state index in [1.807, 2.05) is 19.1 Å². The smallest absolute Gasteiger partial charge is 0.147 e. The second-order valence-electron chi connectivity index (χ2n) is 3.27. The zero-order valence-electron chi connectivity index (χ0n) is 9.14. The Bertz CT molecular complexity index is 274. The fourth-order valence-electron chi connectivity index (χ4n) is 1.21. The molecule has 0 saturated carbocycles. The first-order chi connectivity index (χ1) is 7.27. The van der Waals surface area contributed by atoms with Crippen LogP contribution < -0.4 is 0 Å². The van der Waals surface area contributed by atoms with Gasteiger partial charge in [0.05, 0.1) is 6.10 Å². The van der Waals surface area contributed by atoms with Crippen LogP contribution in [0.5, 0.6) is 0 Å². The van der Waals surface area contributed by atoms with E-state index in [1.165, 1.54) is 0 Å². The molecule has 0 aliphatic rings. The first-order valence-electron chi connectivity index (χ1n) is 4.94. The van der Waals surface area contributed by atoms with E-state index >= 15 is 0 Å². The van der Waals surface area contributed by atoms with Crippen LogP contribution in [-0.4, -0.2) is 30.6 Å². The van der Waals surface area contributed by atoms with Gasteiger partial charge in [0, 0.05) is 32.0 Å². The molecule has 1 aromatic heterocycles. The van der Waals surface area contributed by atoms with Gasteiger partial charge in [0.25, 0.3) is 0 Å². The number of ether oxygens (including phenoxy) is 2. The van der Waals surface area contributed by atoms with E-state index in [9.17, 15) is 0 Å². The minimum Gasteiger partial charge on any atom is -0.396 e. The number of aliphatic hydroxyl groups excluding tert-OH is 1. The standard InChI is InChI=1S/C11H17NO3/c1-9(15-8-14-2)10-3-4-11(5-6-13)12-7-10/h3-4,7,9,13H,5-6,8H2,1-2H3/t9-/m0/s1. The molecule has 1 aromatic rings. The van der Waals surface area contributed by atoms with Gasteiger partial charge in [0.2, 0.25) is 0 Å². The summed E-state index contributed by atoms with van der Waals surface area (Å²) in [4.78, 5) is 4.22. The molecule has 4 nitrogen and oxygen atoms in total. The van der Waals surface area contributed by atoms with Crippen LogP contribution in [-0.2, 0) is 15.9 Å². The average Bonchev–Trinajstić information content (AvgIpc) is 2.27. The lowest BCUT2D eigenvalue weighted by Gasteiger charge is -2.12. The van der Waals surface area contributed by atoms with E-state index in [-0.39, 0.29) is 19.5 Å². The number of pyridine rings is 1. The van der Waals surface area contributed by atoms with Gasteiger partial charge in [0.1, 0.15) is 6.79 Å². The van der Waals surface area contributed by atoms with Gasteiger partial charge < -0.3 is 14.6 Å². The Hall–Kier alpha value is -0.970. The number of aromatic nitrogens is 1. The normalized spacial score (nSPS) is 12.7. The van der Waals surface area contributed by atoms with Crippen molar-refractivity contribution in [2.45, 2.75) is 19.4 Å². The lowest BCUT2D eigenvalue weighted by molar-refractivity contribution is -0.0667. The van der Waals surface area contributed by atoms with Gasteiger partial charge in [-0.05, 0) is 18.6 Å². The summed E-state index contributed by atoms with van der Waals surface area (Å²) < 4.78 is 10.2. The van der Waals surface area contributed by atoms with Gasteiger partial charge in [-0.3, -0.25) is 4.98 Å². The minimum absolute atomic E-state index is 0.0272. The van der Waals surface area contributed by atoms with E-state index in [2.05, 4.69) is 4.98 Å². The molecule has 0 saturated heterocycles. The number of hydrogen-bond donors (Lipinski definition) is 1. The van der Waals surface area contributed by atoms with Crippen molar-refractivity contribution in [1.29, 1.82) is 0 Å². The van der Waals surface area contributed by atoms with E-state index in [0.29, 0.717) is 6.42 Å². The van der Waals surface area contributed by atoms with Gasteiger partial charge in [-0.1, -0.05) is 6.07 Å². The molecule has 0 radical (unpaired) electrons. The van der Waals surface area contributed by atoms with Crippen molar-refractivity contribution in [3.05, 3.63) is 29.6 Å². The third kappa shape index (κ3) is 3.95. The molecule has 0 spiro atoms. The van der Waals surface area contributed by atoms with Crippen molar-refractivity contribution in [2.75, 3.05) is 20.5 Å². The SMILES string of the molecule is COCO[C@@H](C)c1ccc(CCO)nc1. The molecule has 4 heteroatoms. The summed E-state index contributed by atoms with van der Waals surface area (Å²) in [5.41, 5.74) is 1.90. The van der Waals surface area contributed by atoms with Crippen molar-refractivity contribution in [1.82, 2.24) is 4.98 Å². The van der Waals surface area contributed by atoms with Crippen molar-refractivity contribution in [3.63, 3.8) is 0 Å². The van der Waals surface area contributed by atoms with Crippen LogP contribution in [0.4, 0.5) is 0 Å². The number of nitrogens with zero attached hydrogens (tertiary/aromatic N) is 1. The summed E-state index contributed by atoms with van der Waals surface area (Å²) in [5, 5.41) is 8.73. The predicted molar refractivity (Wildman–Crippen MR) is 56.4 cm³/mol. The maximum atomic E-state index is 8.73. The van der Waals surface area contributed by atoms with Crippen LogP contribution in [0.3, 0.4) is 0 Å². The average molecular weight is 211 g/mol. The highest BCUT2D eigenvalue weighted by molar-refractivity contribution is 5.16. The summed E-state index contributed by atoms with van der Waals surface area (Å²) in [7, 11) is 1.59. The third-order valence-corrected chi connectivity index (χ3v) is 2.12. The van der Waals surface area contributed by atoms with Crippen LogP contribution in [0.15, 0.2) is 18.3 Å². The Kier molecular flexibility index (Phi) is 5.25. The quantitative estimate of drug-likeness (QED) is 0.720. The van der Waals surface area contributed by atoms with Crippen LogP contribution >= 0.6 is 0 Å². The monoisotopic (exact) mass is 211 g/mol. The highest BCUT2D eigenvalue weighted by Gasteiger charge is 2.05. The molecule has 0 aliphatic carbocycles. The molecule has 84 valence electrons. The van der Waals surface area contributed by atoms with Gasteiger partial charge in [-0.2, -0.15) is 0 Å². The Morgan fingerprint density at radius 2 is 2.27 bits per heavy atom. The lowest BCUT2D eigenvalue weighted by Crippen LogP contribution is -2.04. The van der Waals surface area contributed by atoms with Gasteiger partial charge in [-0.15, -0.1) is 0 Å². The van der Waals surface area contributed by atoms with Crippen molar-refractivity contribution < 1.29 is 14.6 Å². The lowest BCUT2D eigenvalue weighted by atomic mass is 10.1. The molecule has 0 amide bonds. The summed E-state index contributed by atoms with van der Waals surface area (Å²) in [6.07, 6.45) is 2.33. The largest absolute Gasteiger partial charge is 0.396 e. The molecule has 0 unspecified atom stereocenters.